The van der Waals surface area contributed by atoms with Gasteiger partial charge in [-0.2, -0.15) is 0 Å². The molecule has 0 radical (unpaired) electrons. The van der Waals surface area contributed by atoms with Gasteiger partial charge in [-0.1, -0.05) is 17.7 Å². The summed E-state index contributed by atoms with van der Waals surface area (Å²) in [6.45, 7) is 0. The third-order valence-corrected chi connectivity index (χ3v) is 3.14. The number of carbonyl (C=O) groups is 1. The predicted molar refractivity (Wildman–Crippen MR) is 78.1 cm³/mol. The van der Waals surface area contributed by atoms with Crippen LogP contribution in [0.5, 0.6) is 0 Å². The molecule has 0 spiro atoms. The third-order valence-electron chi connectivity index (χ3n) is 2.91. The summed E-state index contributed by atoms with van der Waals surface area (Å²) in [6, 6.07) is 10.9. The van der Waals surface area contributed by atoms with Crippen LogP contribution in [0.4, 0.5) is 11.5 Å². The maximum atomic E-state index is 12.0. The number of hydrogen-bond donors (Lipinski definition) is 2. The van der Waals surface area contributed by atoms with Crippen molar-refractivity contribution in [1.82, 2.24) is 10.2 Å². The van der Waals surface area contributed by atoms with E-state index >= 15 is 0 Å². The second-order valence-electron chi connectivity index (χ2n) is 4.69. The summed E-state index contributed by atoms with van der Waals surface area (Å²) in [4.78, 5) is 12.0. The number of amides is 1. The van der Waals surface area contributed by atoms with Crippen molar-refractivity contribution < 1.29 is 4.79 Å². The number of carbonyl (C=O) groups excluding carboxylic acids is 1. The first-order valence-electron chi connectivity index (χ1n) is 6.38. The Kier molecular flexibility index (Phi) is 3.52. The summed E-state index contributed by atoms with van der Waals surface area (Å²) in [7, 11) is 0. The molecule has 20 heavy (non-hydrogen) atoms. The Morgan fingerprint density at radius 2 is 2.05 bits per heavy atom. The molecule has 1 amide bonds. The van der Waals surface area contributed by atoms with Gasteiger partial charge in [-0.25, -0.2) is 0 Å². The number of hydrogen-bond acceptors (Lipinski definition) is 4. The monoisotopic (exact) mass is 288 g/mol. The van der Waals surface area contributed by atoms with E-state index in [0.29, 0.717) is 22.6 Å². The van der Waals surface area contributed by atoms with E-state index < -0.39 is 0 Å². The Morgan fingerprint density at radius 3 is 2.70 bits per heavy atom. The molecule has 1 aliphatic carbocycles. The molecule has 1 aromatic heterocycles. The molecule has 0 atom stereocenters. The van der Waals surface area contributed by atoms with E-state index in [1.165, 1.54) is 12.8 Å². The number of aromatic nitrogens is 2. The molecular weight excluding hydrogens is 276 g/mol. The van der Waals surface area contributed by atoms with Crippen LogP contribution in [0.1, 0.15) is 23.3 Å². The predicted octanol–water partition coefficient (Wildman–Crippen LogP) is 2.96. The zero-order chi connectivity index (χ0) is 13.9. The molecule has 1 saturated carbocycles. The molecule has 0 saturated heterocycles. The molecule has 1 aliphatic rings. The van der Waals surface area contributed by atoms with Gasteiger partial charge in [0.25, 0.3) is 5.91 Å². The number of benzene rings is 1. The quantitative estimate of drug-likeness (QED) is 0.908. The molecule has 1 fully saturated rings. The highest BCUT2D eigenvalue weighted by Crippen LogP contribution is 2.23. The summed E-state index contributed by atoms with van der Waals surface area (Å²) in [5.74, 6) is 0.393. The number of nitrogens with zero attached hydrogens (tertiary/aromatic N) is 2. The van der Waals surface area contributed by atoms with Crippen LogP contribution in [0, 0.1) is 0 Å². The fraction of sp³-hybridized carbons (Fsp3) is 0.214. The van der Waals surface area contributed by atoms with Crippen molar-refractivity contribution >= 4 is 29.0 Å². The Morgan fingerprint density at radius 1 is 1.20 bits per heavy atom. The van der Waals surface area contributed by atoms with E-state index in [4.69, 9.17) is 11.6 Å². The largest absolute Gasteiger partial charge is 0.366 e. The molecule has 5 nitrogen and oxygen atoms in total. The first-order valence-corrected chi connectivity index (χ1v) is 6.76. The zero-order valence-corrected chi connectivity index (χ0v) is 11.4. The van der Waals surface area contributed by atoms with E-state index in [1.54, 1.807) is 36.4 Å². The van der Waals surface area contributed by atoms with Crippen molar-refractivity contribution in [2.45, 2.75) is 18.9 Å². The van der Waals surface area contributed by atoms with Crippen LogP contribution in [-0.2, 0) is 0 Å². The molecule has 6 heteroatoms. The Balaban J connectivity index is 1.66. The van der Waals surface area contributed by atoms with Crippen molar-refractivity contribution in [2.24, 2.45) is 0 Å². The van der Waals surface area contributed by atoms with Crippen molar-refractivity contribution in [3.8, 4) is 0 Å². The molecule has 2 aromatic rings. The first kappa shape index (κ1) is 12.9. The van der Waals surface area contributed by atoms with Gasteiger partial charge in [0.15, 0.2) is 5.69 Å². The van der Waals surface area contributed by atoms with Gasteiger partial charge in [-0.15, -0.1) is 10.2 Å². The molecule has 1 heterocycles. The minimum atomic E-state index is -0.308. The van der Waals surface area contributed by atoms with Crippen molar-refractivity contribution in [3.05, 3.63) is 47.1 Å². The molecule has 1 aromatic carbocycles. The van der Waals surface area contributed by atoms with E-state index in [9.17, 15) is 4.79 Å². The number of nitrogens with one attached hydrogen (secondary N) is 2. The van der Waals surface area contributed by atoms with Crippen LogP contribution >= 0.6 is 11.6 Å². The maximum Gasteiger partial charge on any atom is 0.276 e. The number of rotatable bonds is 4. The van der Waals surface area contributed by atoms with Crippen molar-refractivity contribution in [2.75, 3.05) is 10.6 Å². The van der Waals surface area contributed by atoms with Crippen LogP contribution in [0.3, 0.4) is 0 Å². The Bertz CT molecular complexity index is 625. The van der Waals surface area contributed by atoms with E-state index in [0.717, 1.165) is 0 Å². The fourth-order valence-corrected chi connectivity index (χ4v) is 1.92. The van der Waals surface area contributed by atoms with Gasteiger partial charge in [0.05, 0.1) is 0 Å². The van der Waals surface area contributed by atoms with Crippen LogP contribution in [0.15, 0.2) is 36.4 Å². The molecule has 102 valence electrons. The second kappa shape index (κ2) is 5.46. The summed E-state index contributed by atoms with van der Waals surface area (Å²) in [6.07, 6.45) is 2.33. The van der Waals surface area contributed by atoms with Gasteiger partial charge in [-0.05, 0) is 43.2 Å². The minimum absolute atomic E-state index is 0.270. The first-order chi connectivity index (χ1) is 9.70. The van der Waals surface area contributed by atoms with E-state index in [-0.39, 0.29) is 11.6 Å². The van der Waals surface area contributed by atoms with Gasteiger partial charge in [0.2, 0.25) is 0 Å². The van der Waals surface area contributed by atoms with Crippen LogP contribution in [0.25, 0.3) is 0 Å². The smallest absolute Gasteiger partial charge is 0.276 e. The molecule has 0 aliphatic heterocycles. The summed E-state index contributed by atoms with van der Waals surface area (Å²) >= 11 is 5.86. The highest BCUT2D eigenvalue weighted by atomic mass is 35.5. The van der Waals surface area contributed by atoms with Gasteiger partial charge in [0, 0.05) is 16.8 Å². The Labute approximate surface area is 121 Å². The normalized spacial score (nSPS) is 13.8. The number of halogens is 1. The third kappa shape index (κ3) is 3.24. The van der Waals surface area contributed by atoms with Crippen LogP contribution < -0.4 is 10.6 Å². The van der Waals surface area contributed by atoms with Crippen molar-refractivity contribution in [1.29, 1.82) is 0 Å². The number of anilines is 2. The molecule has 0 unspecified atom stereocenters. The van der Waals surface area contributed by atoms with Gasteiger partial charge >= 0.3 is 0 Å². The molecular formula is C14H13ClN4O. The van der Waals surface area contributed by atoms with Gasteiger partial charge in [-0.3, -0.25) is 4.79 Å². The molecule has 3 rings (SSSR count). The lowest BCUT2D eigenvalue weighted by Gasteiger charge is -2.06. The molecule has 0 bridgehead atoms. The average Bonchev–Trinajstić information content (AvgIpc) is 3.23. The van der Waals surface area contributed by atoms with Gasteiger partial charge in [0.1, 0.15) is 5.82 Å². The van der Waals surface area contributed by atoms with E-state index in [2.05, 4.69) is 20.8 Å². The highest BCUT2D eigenvalue weighted by molar-refractivity contribution is 6.30. The lowest BCUT2D eigenvalue weighted by Crippen LogP contribution is -2.15. The average molecular weight is 289 g/mol. The van der Waals surface area contributed by atoms with E-state index in [1.807, 2.05) is 0 Å². The summed E-state index contributed by atoms with van der Waals surface area (Å²) in [5.41, 5.74) is 0.899. The second-order valence-corrected chi connectivity index (χ2v) is 5.12. The van der Waals surface area contributed by atoms with Crippen LogP contribution in [-0.4, -0.2) is 22.1 Å². The summed E-state index contributed by atoms with van der Waals surface area (Å²) in [5, 5.41) is 14.4. The summed E-state index contributed by atoms with van der Waals surface area (Å²) < 4.78 is 0. The topological polar surface area (TPSA) is 66.9 Å². The van der Waals surface area contributed by atoms with Crippen molar-refractivity contribution in [3.63, 3.8) is 0 Å². The zero-order valence-electron chi connectivity index (χ0n) is 10.6. The van der Waals surface area contributed by atoms with Crippen LogP contribution in [0.2, 0.25) is 5.02 Å². The maximum absolute atomic E-state index is 12.0. The Hall–Kier alpha value is -2.14. The lowest BCUT2D eigenvalue weighted by atomic mass is 10.3. The standard InChI is InChI=1S/C14H13ClN4O/c15-9-2-1-3-11(8-9)17-14(20)12-6-7-13(19-18-12)16-10-4-5-10/h1-3,6-8,10H,4-5H2,(H,16,19)(H,17,20). The SMILES string of the molecule is O=C(Nc1cccc(Cl)c1)c1ccc(NC2CC2)nn1. The van der Waals surface area contributed by atoms with Gasteiger partial charge < -0.3 is 10.6 Å². The fourth-order valence-electron chi connectivity index (χ4n) is 1.73. The highest BCUT2D eigenvalue weighted by Gasteiger charge is 2.21. The lowest BCUT2D eigenvalue weighted by molar-refractivity contribution is 0.102. The minimum Gasteiger partial charge on any atom is -0.366 e. The molecule has 2 N–H and O–H groups in total.